The molecule has 0 saturated heterocycles. The van der Waals surface area contributed by atoms with E-state index in [0.29, 0.717) is 21.4 Å². The highest BCUT2D eigenvalue weighted by Crippen LogP contribution is 2.32. The van der Waals surface area contributed by atoms with E-state index in [-0.39, 0.29) is 11.1 Å². The number of anilines is 1. The van der Waals surface area contributed by atoms with E-state index in [0.717, 1.165) is 0 Å². The summed E-state index contributed by atoms with van der Waals surface area (Å²) >= 11 is 14.0. The van der Waals surface area contributed by atoms with Gasteiger partial charge >= 0.3 is 0 Å². The normalized spacial score (nSPS) is 11.5. The molecule has 5 nitrogen and oxygen atoms in total. The molecule has 2 aromatic rings. The second-order valence-electron chi connectivity index (χ2n) is 4.21. The summed E-state index contributed by atoms with van der Waals surface area (Å²) in [6.45, 7) is 0. The van der Waals surface area contributed by atoms with E-state index in [1.807, 2.05) is 12.4 Å². The number of aromatic nitrogens is 1. The Hall–Kier alpha value is -1.81. The lowest BCUT2D eigenvalue weighted by atomic mass is 10.2. The van der Waals surface area contributed by atoms with E-state index in [1.165, 1.54) is 22.4 Å². The Kier molecular flexibility index (Phi) is 5.61. The molecule has 0 amide bonds. The van der Waals surface area contributed by atoms with Gasteiger partial charge in [-0.3, -0.25) is 14.7 Å². The summed E-state index contributed by atoms with van der Waals surface area (Å²) in [7, 11) is 0. The minimum atomic E-state index is -0.303. The molecule has 2 N–H and O–H groups in total. The molecule has 8 heteroatoms. The Morgan fingerprint density at radius 2 is 2.00 bits per heavy atom. The molecule has 0 fully saturated rings. The number of nitriles is 1. The summed E-state index contributed by atoms with van der Waals surface area (Å²) in [5, 5.41) is 15.0. The predicted molar refractivity (Wildman–Crippen MR) is 91.7 cm³/mol. The number of hydrogen-bond acceptors (Lipinski definition) is 5. The second-order valence-corrected chi connectivity index (χ2v) is 5.97. The third kappa shape index (κ3) is 3.69. The summed E-state index contributed by atoms with van der Waals surface area (Å²) in [5.41, 5.74) is 0.542. The van der Waals surface area contributed by atoms with Crippen LogP contribution in [0.1, 0.15) is 0 Å². The fourth-order valence-corrected chi connectivity index (χ4v) is 2.95. The standard InChI is InChI=1S/C14H12Cl2N4OS/c1-22-14(18-8-17)19-9-6-10(15)13(11(16)7-9)20-5-3-2-4-12(20)21/h2-7,14,18-19H,1H3. The molecular formula is C14H12Cl2N4OS. The van der Waals surface area contributed by atoms with E-state index >= 15 is 0 Å². The molecule has 1 atom stereocenters. The Balaban J connectivity index is 2.40. The highest BCUT2D eigenvalue weighted by Gasteiger charge is 2.13. The van der Waals surface area contributed by atoms with Crippen LogP contribution < -0.4 is 16.2 Å². The first-order valence-corrected chi connectivity index (χ1v) is 8.22. The summed E-state index contributed by atoms with van der Waals surface area (Å²) in [5.74, 6) is 0. The molecule has 0 saturated carbocycles. The maximum absolute atomic E-state index is 11.9. The monoisotopic (exact) mass is 354 g/mol. The molecule has 0 bridgehead atoms. The number of nitrogens with zero attached hydrogens (tertiary/aromatic N) is 2. The van der Waals surface area contributed by atoms with Crippen molar-refractivity contribution in [2.45, 2.75) is 5.50 Å². The highest BCUT2D eigenvalue weighted by atomic mass is 35.5. The van der Waals surface area contributed by atoms with E-state index < -0.39 is 0 Å². The van der Waals surface area contributed by atoms with Crippen molar-refractivity contribution < 1.29 is 0 Å². The van der Waals surface area contributed by atoms with Gasteiger partial charge in [0.05, 0.1) is 15.7 Å². The van der Waals surface area contributed by atoms with E-state index in [4.69, 9.17) is 28.5 Å². The lowest BCUT2D eigenvalue weighted by Gasteiger charge is -2.18. The van der Waals surface area contributed by atoms with Crippen molar-refractivity contribution in [1.29, 1.82) is 5.26 Å². The largest absolute Gasteiger partial charge is 0.356 e. The van der Waals surface area contributed by atoms with Gasteiger partial charge in [-0.05, 0) is 24.5 Å². The van der Waals surface area contributed by atoms with Crippen molar-refractivity contribution >= 4 is 40.7 Å². The zero-order valence-electron chi connectivity index (χ0n) is 11.5. The van der Waals surface area contributed by atoms with E-state index in [2.05, 4.69) is 10.6 Å². The second kappa shape index (κ2) is 7.45. The topological polar surface area (TPSA) is 69.8 Å². The summed E-state index contributed by atoms with van der Waals surface area (Å²) in [6.07, 6.45) is 5.32. The van der Waals surface area contributed by atoms with Gasteiger partial charge in [0.1, 0.15) is 0 Å². The zero-order valence-corrected chi connectivity index (χ0v) is 13.8. The number of nitrogens with one attached hydrogen (secondary N) is 2. The molecule has 2 rings (SSSR count). The van der Waals surface area contributed by atoms with Crippen LogP contribution in [0.3, 0.4) is 0 Å². The third-order valence-electron chi connectivity index (χ3n) is 2.81. The van der Waals surface area contributed by atoms with Crippen molar-refractivity contribution in [3.8, 4) is 11.9 Å². The average molecular weight is 355 g/mol. The molecule has 1 aromatic carbocycles. The van der Waals surface area contributed by atoms with E-state index in [1.54, 1.807) is 30.5 Å². The molecule has 22 heavy (non-hydrogen) atoms. The molecule has 0 aliphatic rings. The third-order valence-corrected chi connectivity index (χ3v) is 4.09. The van der Waals surface area contributed by atoms with E-state index in [9.17, 15) is 4.79 Å². The van der Waals surface area contributed by atoms with Crippen LogP contribution in [0.4, 0.5) is 5.69 Å². The molecule has 1 aromatic heterocycles. The molecule has 114 valence electrons. The molecule has 1 unspecified atom stereocenters. The SMILES string of the molecule is CSC(NC#N)Nc1cc(Cl)c(-n2ccccc2=O)c(Cl)c1. The van der Waals surface area contributed by atoms with Crippen LogP contribution in [0, 0.1) is 11.5 Å². The summed E-state index contributed by atoms with van der Waals surface area (Å²) < 4.78 is 1.38. The first-order valence-electron chi connectivity index (χ1n) is 6.18. The maximum atomic E-state index is 11.9. The first kappa shape index (κ1) is 16.6. The maximum Gasteiger partial charge on any atom is 0.255 e. The van der Waals surface area contributed by atoms with Crippen LogP contribution in [0.5, 0.6) is 0 Å². The number of pyridine rings is 1. The minimum absolute atomic E-state index is 0.222. The van der Waals surface area contributed by atoms with Gasteiger partial charge in [0.2, 0.25) is 0 Å². The van der Waals surface area contributed by atoms with Crippen molar-refractivity contribution in [3.63, 3.8) is 0 Å². The number of benzene rings is 1. The lowest BCUT2D eigenvalue weighted by Crippen LogP contribution is -2.29. The lowest BCUT2D eigenvalue weighted by molar-refractivity contribution is 0.885. The quantitative estimate of drug-likeness (QED) is 0.489. The van der Waals surface area contributed by atoms with Crippen LogP contribution in [-0.4, -0.2) is 16.3 Å². The fourth-order valence-electron chi connectivity index (χ4n) is 1.86. The molecule has 0 aliphatic heterocycles. The smallest absolute Gasteiger partial charge is 0.255 e. The molecule has 1 heterocycles. The Morgan fingerprint density at radius 3 is 2.55 bits per heavy atom. The molecular weight excluding hydrogens is 343 g/mol. The van der Waals surface area contributed by atoms with Gasteiger partial charge in [0.25, 0.3) is 5.56 Å². The number of hydrogen-bond donors (Lipinski definition) is 2. The number of halogens is 2. The van der Waals surface area contributed by atoms with Crippen LogP contribution >= 0.6 is 35.0 Å². The van der Waals surface area contributed by atoms with Gasteiger partial charge in [0, 0.05) is 18.0 Å². The van der Waals surface area contributed by atoms with Gasteiger partial charge in [-0.2, -0.15) is 5.26 Å². The van der Waals surface area contributed by atoms with Crippen molar-refractivity contribution in [2.75, 3.05) is 11.6 Å². The van der Waals surface area contributed by atoms with Crippen LogP contribution in [0.25, 0.3) is 5.69 Å². The van der Waals surface area contributed by atoms with Gasteiger partial charge in [0.15, 0.2) is 11.7 Å². The zero-order chi connectivity index (χ0) is 16.1. The van der Waals surface area contributed by atoms with Gasteiger partial charge in [-0.15, -0.1) is 11.8 Å². The first-order chi connectivity index (χ1) is 10.6. The average Bonchev–Trinajstić information content (AvgIpc) is 2.48. The number of thioether (sulfide) groups is 1. The summed E-state index contributed by atoms with van der Waals surface area (Å²) in [6, 6.07) is 8.11. The van der Waals surface area contributed by atoms with Crippen LogP contribution in [0.2, 0.25) is 10.0 Å². The van der Waals surface area contributed by atoms with Crippen molar-refractivity contribution in [2.24, 2.45) is 0 Å². The minimum Gasteiger partial charge on any atom is -0.356 e. The van der Waals surface area contributed by atoms with Crippen LogP contribution in [0.15, 0.2) is 41.3 Å². The fraction of sp³-hybridized carbons (Fsp3) is 0.143. The molecule has 0 radical (unpaired) electrons. The van der Waals surface area contributed by atoms with Crippen molar-refractivity contribution in [3.05, 3.63) is 56.9 Å². The van der Waals surface area contributed by atoms with Crippen LogP contribution in [-0.2, 0) is 0 Å². The number of rotatable bonds is 5. The van der Waals surface area contributed by atoms with Gasteiger partial charge in [-0.25, -0.2) is 0 Å². The summed E-state index contributed by atoms with van der Waals surface area (Å²) in [4.78, 5) is 11.9. The highest BCUT2D eigenvalue weighted by molar-refractivity contribution is 7.99. The molecule has 0 aliphatic carbocycles. The van der Waals surface area contributed by atoms with Gasteiger partial charge < -0.3 is 5.32 Å². The van der Waals surface area contributed by atoms with Gasteiger partial charge in [-0.1, -0.05) is 29.3 Å². The molecule has 0 spiro atoms. The predicted octanol–water partition coefficient (Wildman–Crippen LogP) is 3.27. The Morgan fingerprint density at radius 1 is 1.32 bits per heavy atom. The van der Waals surface area contributed by atoms with Crippen molar-refractivity contribution in [1.82, 2.24) is 9.88 Å². The Labute approximate surface area is 141 Å². The Bertz CT molecular complexity index is 749.